The van der Waals surface area contributed by atoms with Gasteiger partial charge in [0.1, 0.15) is 0 Å². The van der Waals surface area contributed by atoms with Gasteiger partial charge in [-0.2, -0.15) is 0 Å². The first-order valence-corrected chi connectivity index (χ1v) is 5.50. The first-order valence-electron chi connectivity index (χ1n) is 5.50. The second-order valence-corrected chi connectivity index (χ2v) is 5.02. The molecule has 1 N–H and O–H groups in total. The van der Waals surface area contributed by atoms with Crippen molar-refractivity contribution in [2.45, 2.75) is 43.6 Å². The molecule has 1 heteroatoms. The van der Waals surface area contributed by atoms with Gasteiger partial charge in [0.05, 0.1) is 5.60 Å². The summed E-state index contributed by atoms with van der Waals surface area (Å²) < 4.78 is 0. The van der Waals surface area contributed by atoms with Gasteiger partial charge < -0.3 is 5.11 Å². The second-order valence-electron chi connectivity index (χ2n) is 5.02. The van der Waals surface area contributed by atoms with E-state index in [2.05, 4.69) is 24.3 Å². The maximum absolute atomic E-state index is 10.3. The molecule has 0 radical (unpaired) electrons. The lowest BCUT2D eigenvalue weighted by Gasteiger charge is -2.48. The zero-order valence-corrected chi connectivity index (χ0v) is 8.53. The summed E-state index contributed by atoms with van der Waals surface area (Å²) in [4.78, 5) is 0. The minimum absolute atomic E-state index is 0.378. The molecule has 4 rings (SSSR count). The van der Waals surface area contributed by atoms with Gasteiger partial charge in [-0.25, -0.2) is 0 Å². The molecule has 0 unspecified atom stereocenters. The summed E-state index contributed by atoms with van der Waals surface area (Å²) in [5, 5.41) is 10.3. The number of fused-ring (bicyclic) bond motifs is 2. The molecule has 14 heavy (non-hydrogen) atoms. The fourth-order valence-electron chi connectivity index (χ4n) is 3.38. The van der Waals surface area contributed by atoms with Gasteiger partial charge >= 0.3 is 0 Å². The molecule has 1 saturated carbocycles. The van der Waals surface area contributed by atoms with Gasteiger partial charge in [-0.1, -0.05) is 24.3 Å². The Balaban J connectivity index is 2.18. The molecule has 0 amide bonds. The average molecular weight is 188 g/mol. The van der Waals surface area contributed by atoms with E-state index in [1.165, 1.54) is 17.5 Å². The summed E-state index contributed by atoms with van der Waals surface area (Å²) in [6, 6.07) is 8.64. The fraction of sp³-hybridized carbons (Fsp3) is 0.538. The highest BCUT2D eigenvalue weighted by molar-refractivity contribution is 5.40. The Bertz CT molecular complexity index is 367. The van der Waals surface area contributed by atoms with E-state index in [1.54, 1.807) is 0 Å². The monoisotopic (exact) mass is 188 g/mol. The molecule has 1 nitrogen and oxygen atoms in total. The molecule has 74 valence electrons. The van der Waals surface area contributed by atoms with Crippen molar-refractivity contribution in [3.05, 3.63) is 35.4 Å². The first kappa shape index (κ1) is 8.49. The van der Waals surface area contributed by atoms with Crippen LogP contribution in [0.2, 0.25) is 0 Å². The lowest BCUT2D eigenvalue weighted by atomic mass is 9.60. The number of benzene rings is 1. The number of aliphatic hydroxyl groups is 1. The molecule has 3 aliphatic carbocycles. The van der Waals surface area contributed by atoms with Crippen LogP contribution in [0, 0.1) is 0 Å². The molecular formula is C13H16O. The topological polar surface area (TPSA) is 20.2 Å². The quantitative estimate of drug-likeness (QED) is 0.663. The van der Waals surface area contributed by atoms with Gasteiger partial charge in [-0.05, 0) is 43.2 Å². The number of rotatable bonds is 0. The summed E-state index contributed by atoms with van der Waals surface area (Å²) >= 11 is 0. The molecule has 3 aliphatic rings. The predicted molar refractivity (Wildman–Crippen MR) is 56.4 cm³/mol. The first-order chi connectivity index (χ1) is 6.68. The van der Waals surface area contributed by atoms with Crippen LogP contribution in [-0.2, 0) is 0 Å². The number of hydrogen-bond donors (Lipinski definition) is 1. The molecule has 3 atom stereocenters. The largest absolute Gasteiger partial charge is 0.390 e. The Kier molecular flexibility index (Phi) is 1.58. The van der Waals surface area contributed by atoms with Crippen LogP contribution in [0.15, 0.2) is 24.3 Å². The van der Waals surface area contributed by atoms with Crippen LogP contribution < -0.4 is 0 Å². The second kappa shape index (κ2) is 2.60. The van der Waals surface area contributed by atoms with Gasteiger partial charge in [0, 0.05) is 5.92 Å². The van der Waals surface area contributed by atoms with Crippen molar-refractivity contribution in [1.29, 1.82) is 0 Å². The van der Waals surface area contributed by atoms with Gasteiger partial charge in [0.25, 0.3) is 0 Å². The van der Waals surface area contributed by atoms with Crippen molar-refractivity contribution >= 4 is 0 Å². The third-order valence-corrected chi connectivity index (χ3v) is 4.03. The Morgan fingerprint density at radius 2 is 1.93 bits per heavy atom. The van der Waals surface area contributed by atoms with Crippen LogP contribution in [0.4, 0.5) is 0 Å². The van der Waals surface area contributed by atoms with Gasteiger partial charge in [0.15, 0.2) is 0 Å². The van der Waals surface area contributed by atoms with Gasteiger partial charge in [-0.15, -0.1) is 0 Å². The molecule has 0 saturated heterocycles. The lowest BCUT2D eigenvalue weighted by Crippen LogP contribution is -2.43. The van der Waals surface area contributed by atoms with E-state index >= 15 is 0 Å². The highest BCUT2D eigenvalue weighted by Crippen LogP contribution is 2.53. The molecule has 1 fully saturated rings. The SMILES string of the molecule is C[C@@]1(O)C[C@H]2CC[C@H]1c1ccccc12. The number of hydrogen-bond acceptors (Lipinski definition) is 1. The fourth-order valence-corrected chi connectivity index (χ4v) is 3.38. The Hall–Kier alpha value is -0.820. The molecule has 0 spiro atoms. The summed E-state index contributed by atoms with van der Waals surface area (Å²) in [6.07, 6.45) is 3.38. The summed E-state index contributed by atoms with van der Waals surface area (Å²) in [7, 11) is 0. The van der Waals surface area contributed by atoms with Crippen molar-refractivity contribution in [3.8, 4) is 0 Å². The van der Waals surface area contributed by atoms with Gasteiger partial charge in [0.2, 0.25) is 0 Å². The standard InChI is InChI=1S/C13H16O/c1-13(14)8-9-6-7-12(13)11-5-3-2-4-10(9)11/h2-5,9,12,14H,6-8H2,1H3/t9-,12+,13-/m1/s1. The van der Waals surface area contributed by atoms with Crippen LogP contribution in [0.5, 0.6) is 0 Å². The average Bonchev–Trinajstić information content (AvgIpc) is 2.17. The molecular weight excluding hydrogens is 172 g/mol. The zero-order valence-electron chi connectivity index (χ0n) is 8.53. The maximum atomic E-state index is 10.3. The van der Waals surface area contributed by atoms with Crippen molar-refractivity contribution in [1.82, 2.24) is 0 Å². The van der Waals surface area contributed by atoms with Crippen molar-refractivity contribution in [2.75, 3.05) is 0 Å². The van der Waals surface area contributed by atoms with E-state index in [4.69, 9.17) is 0 Å². The van der Waals surface area contributed by atoms with Crippen molar-refractivity contribution in [3.63, 3.8) is 0 Å². The van der Waals surface area contributed by atoms with Crippen LogP contribution >= 0.6 is 0 Å². The maximum Gasteiger partial charge on any atom is 0.0693 e. The summed E-state index contributed by atoms with van der Waals surface area (Å²) in [6.45, 7) is 2.00. The Morgan fingerprint density at radius 1 is 1.21 bits per heavy atom. The highest BCUT2D eigenvalue weighted by Gasteiger charge is 2.45. The third kappa shape index (κ3) is 0.992. The van der Waals surface area contributed by atoms with E-state index < -0.39 is 5.60 Å². The minimum atomic E-state index is -0.461. The van der Waals surface area contributed by atoms with Crippen LogP contribution in [-0.4, -0.2) is 10.7 Å². The van der Waals surface area contributed by atoms with Crippen molar-refractivity contribution in [2.24, 2.45) is 0 Å². The van der Waals surface area contributed by atoms with Crippen LogP contribution in [0.3, 0.4) is 0 Å². The molecule has 0 aliphatic heterocycles. The Labute approximate surface area is 84.8 Å². The van der Waals surface area contributed by atoms with Crippen LogP contribution in [0.25, 0.3) is 0 Å². The predicted octanol–water partition coefficient (Wildman–Crippen LogP) is 2.80. The zero-order chi connectivity index (χ0) is 9.76. The molecule has 1 aromatic carbocycles. The minimum Gasteiger partial charge on any atom is -0.390 e. The smallest absolute Gasteiger partial charge is 0.0693 e. The lowest BCUT2D eigenvalue weighted by molar-refractivity contribution is -0.0168. The molecule has 0 heterocycles. The normalized spacial score (nSPS) is 39.6. The molecule has 2 bridgehead atoms. The van der Waals surface area contributed by atoms with Crippen LogP contribution in [0.1, 0.15) is 49.1 Å². The van der Waals surface area contributed by atoms with E-state index in [0.717, 1.165) is 12.8 Å². The molecule has 1 aromatic rings. The van der Waals surface area contributed by atoms with Crippen molar-refractivity contribution < 1.29 is 5.11 Å². The Morgan fingerprint density at radius 3 is 2.64 bits per heavy atom. The summed E-state index contributed by atoms with van der Waals surface area (Å²) in [5.41, 5.74) is 2.44. The summed E-state index contributed by atoms with van der Waals surface area (Å²) in [5.74, 6) is 0.981. The van der Waals surface area contributed by atoms with E-state index in [1.807, 2.05) is 6.92 Å². The van der Waals surface area contributed by atoms with E-state index in [9.17, 15) is 5.11 Å². The van der Waals surface area contributed by atoms with E-state index in [-0.39, 0.29) is 0 Å². The third-order valence-electron chi connectivity index (χ3n) is 4.03. The van der Waals surface area contributed by atoms with Gasteiger partial charge in [-0.3, -0.25) is 0 Å². The van der Waals surface area contributed by atoms with E-state index in [0.29, 0.717) is 11.8 Å². The molecule has 0 aromatic heterocycles. The highest BCUT2D eigenvalue weighted by atomic mass is 16.3.